The number of hydrogen-bond donors (Lipinski definition) is 9. The quantitative estimate of drug-likeness (QED) is 0.0162. The Morgan fingerprint density at radius 3 is 1.45 bits per heavy atom. The molecule has 40 heteroatoms. The van der Waals surface area contributed by atoms with Gasteiger partial charge in [-0.3, -0.25) is 48.4 Å². The van der Waals surface area contributed by atoms with Crippen molar-refractivity contribution in [3.63, 3.8) is 0 Å². The van der Waals surface area contributed by atoms with Crippen LogP contribution in [0.4, 0.5) is 67.0 Å². The second-order valence-corrected chi connectivity index (χ2v) is 43.4. The van der Waals surface area contributed by atoms with Crippen LogP contribution in [0, 0.1) is 25.2 Å². The number of amides is 8. The van der Waals surface area contributed by atoms with Gasteiger partial charge < -0.3 is 76.5 Å². The van der Waals surface area contributed by atoms with Crippen molar-refractivity contribution in [1.82, 2.24) is 65.5 Å². The van der Waals surface area contributed by atoms with Crippen LogP contribution in [0.3, 0.4) is 0 Å². The summed E-state index contributed by atoms with van der Waals surface area (Å²) in [7, 11) is 6.03. The SMILES string of the molecule is C=C(N[C@@H](C)c1ccc(-c2scnc2C)cc1)[C@@H]1C[C@@H](O)CN1C(=O)[C@@H](CC(=O)CN1CCN(c2ccc(Nc3cc(N(C)C(=O)Nc4c(Cl)cccc4Cl)ncn3)cc2)CC1)C(C)(C)C.COc1cc(OC)c(Cl)c(NC(=O)N(C)c2cc(Nc3ccc(N4CCN(CC(=O)CCCCCCSC(C)(C)[C@H](NC(C)=O)C(=O)N5C[C@H](O)C[C@H]5C(=O)N[C@@H](C)c5ccc(-c6scnc6C)cc5)CC4)cc3)ncn2)c1Cl. The van der Waals surface area contributed by atoms with Gasteiger partial charge in [-0.1, -0.05) is 141 Å². The monoisotopic (exact) mass is 2110 g/mol. The van der Waals surface area contributed by atoms with Crippen molar-refractivity contribution in [3.8, 4) is 32.4 Å². The highest BCUT2D eigenvalue weighted by molar-refractivity contribution is 8.00. The summed E-state index contributed by atoms with van der Waals surface area (Å²) in [6.07, 6.45) is 5.77. The number of thiazole rings is 2. The average molecular weight is 2120 g/mol. The number of benzene rings is 6. The van der Waals surface area contributed by atoms with Crippen molar-refractivity contribution < 1.29 is 58.0 Å². The Morgan fingerprint density at radius 2 is 0.993 bits per heavy atom. The predicted molar refractivity (Wildman–Crippen MR) is 581 cm³/mol. The molecule has 6 aromatic carbocycles. The summed E-state index contributed by atoms with van der Waals surface area (Å²) >= 11 is 30.2. The molecule has 4 aliphatic rings. The van der Waals surface area contributed by atoms with E-state index in [0.29, 0.717) is 77.2 Å². The number of Topliss-reactive ketones (excluding diaryl/α,β-unsaturated/α-hetero) is 2. The summed E-state index contributed by atoms with van der Waals surface area (Å²) in [6, 6.07) is 38.5. The van der Waals surface area contributed by atoms with Gasteiger partial charge >= 0.3 is 12.1 Å². The zero-order valence-corrected chi connectivity index (χ0v) is 89.6. The molecule has 145 heavy (non-hydrogen) atoms. The van der Waals surface area contributed by atoms with E-state index in [4.69, 9.17) is 55.9 Å². The molecule has 4 aromatic heterocycles. The number of likely N-dealkylation sites (tertiary alicyclic amines) is 2. The van der Waals surface area contributed by atoms with Gasteiger partial charge in [0.25, 0.3) is 0 Å². The molecule has 0 saturated carbocycles. The zero-order valence-electron chi connectivity index (χ0n) is 84.2. The molecule has 0 aliphatic carbocycles. The van der Waals surface area contributed by atoms with Crippen LogP contribution in [0.1, 0.15) is 141 Å². The number of nitrogens with one attached hydrogen (secondary N) is 7. The number of aliphatic hydroxyl groups is 2. The molecule has 14 rings (SSSR count). The number of ketones is 2. The number of aromatic nitrogens is 6. The number of carbonyl (C=O) groups excluding carboxylic acids is 8. The number of methoxy groups -OCH3 is 2. The van der Waals surface area contributed by atoms with Gasteiger partial charge in [0, 0.05) is 176 Å². The summed E-state index contributed by atoms with van der Waals surface area (Å²) in [6.45, 7) is 30.4. The van der Waals surface area contributed by atoms with Crippen molar-refractivity contribution in [3.05, 3.63) is 212 Å². The number of thioether (sulfide) groups is 1. The molecular formula is C105H129Cl4N21O12S3. The molecule has 33 nitrogen and oxygen atoms in total. The smallest absolute Gasteiger partial charge is 0.327 e. The second-order valence-electron chi connectivity index (χ2n) is 38.4. The lowest BCUT2D eigenvalue weighted by Crippen LogP contribution is -2.59. The van der Waals surface area contributed by atoms with Crippen LogP contribution in [0.15, 0.2) is 169 Å². The number of anilines is 10. The molecule has 772 valence electrons. The van der Waals surface area contributed by atoms with Gasteiger partial charge in [-0.25, -0.2) is 39.5 Å². The first kappa shape index (κ1) is 110. The summed E-state index contributed by atoms with van der Waals surface area (Å²) in [5.74, 6) is 1.40. The first-order chi connectivity index (χ1) is 69.2. The molecule has 0 radical (unpaired) electrons. The number of ether oxygens (including phenoxy) is 2. The minimum atomic E-state index is -0.927. The highest BCUT2D eigenvalue weighted by atomic mass is 35.5. The van der Waals surface area contributed by atoms with Gasteiger partial charge in [0.2, 0.25) is 23.6 Å². The number of nitrogens with zero attached hydrogens (tertiary/aromatic N) is 14. The van der Waals surface area contributed by atoms with Crippen LogP contribution in [0.5, 0.6) is 11.5 Å². The Bertz CT molecular complexity index is 6140. The van der Waals surface area contributed by atoms with Crippen LogP contribution in [0.2, 0.25) is 20.1 Å². The minimum Gasteiger partial charge on any atom is -0.495 e. The summed E-state index contributed by atoms with van der Waals surface area (Å²) in [4.78, 5) is 151. The first-order valence-electron chi connectivity index (χ1n) is 48.4. The Kier molecular flexibility index (Phi) is 38.5. The molecule has 0 bridgehead atoms. The summed E-state index contributed by atoms with van der Waals surface area (Å²) in [5, 5.41) is 43.9. The number of hydrogen-bond acceptors (Lipinski definition) is 28. The number of aryl methyl sites for hydroxylation is 2. The fourth-order valence-corrected chi connectivity index (χ4v) is 21.9. The second kappa shape index (κ2) is 50.5. The number of halogens is 4. The molecule has 4 fully saturated rings. The van der Waals surface area contributed by atoms with E-state index in [1.807, 2.05) is 139 Å². The van der Waals surface area contributed by atoms with Crippen molar-refractivity contribution in [2.45, 2.75) is 168 Å². The fourth-order valence-electron chi connectivity index (χ4n) is 18.0. The number of carbonyl (C=O) groups is 8. The Hall–Kier alpha value is -11.8. The zero-order chi connectivity index (χ0) is 104. The van der Waals surface area contributed by atoms with E-state index < -0.39 is 64.4 Å². The highest BCUT2D eigenvalue weighted by Crippen LogP contribution is 2.46. The molecule has 0 unspecified atom stereocenters. The van der Waals surface area contributed by atoms with Crippen molar-refractivity contribution in [1.29, 1.82) is 0 Å². The summed E-state index contributed by atoms with van der Waals surface area (Å²) < 4.78 is 9.89. The molecule has 4 aliphatic heterocycles. The van der Waals surface area contributed by atoms with Gasteiger partial charge in [-0.2, -0.15) is 11.8 Å². The molecule has 4 saturated heterocycles. The van der Waals surface area contributed by atoms with Crippen LogP contribution < -0.4 is 66.3 Å². The van der Waals surface area contributed by atoms with Gasteiger partial charge in [-0.05, 0) is 148 Å². The third-order valence-electron chi connectivity index (χ3n) is 26.5. The first-order valence-corrected chi connectivity index (χ1v) is 52.6. The number of urea groups is 2. The fraction of sp³-hybridized carbons (Fsp3) is 0.429. The minimum absolute atomic E-state index is 0.00648. The molecule has 0 spiro atoms. The summed E-state index contributed by atoms with van der Waals surface area (Å²) in [5.41, 5.74) is 14.1. The highest BCUT2D eigenvalue weighted by Gasteiger charge is 2.48. The molecule has 8 heterocycles. The maximum atomic E-state index is 14.4. The van der Waals surface area contributed by atoms with Gasteiger partial charge in [-0.15, -0.1) is 22.7 Å². The van der Waals surface area contributed by atoms with E-state index >= 15 is 0 Å². The van der Waals surface area contributed by atoms with Crippen LogP contribution in [-0.4, -0.2) is 255 Å². The van der Waals surface area contributed by atoms with E-state index in [1.54, 1.807) is 83.8 Å². The third kappa shape index (κ3) is 29.2. The van der Waals surface area contributed by atoms with Crippen molar-refractivity contribution in [2.24, 2.45) is 11.3 Å². The number of rotatable bonds is 39. The lowest BCUT2D eigenvalue weighted by molar-refractivity contribution is -0.142. The van der Waals surface area contributed by atoms with Gasteiger partial charge in [0.05, 0.1) is 105 Å². The number of aliphatic hydroxyl groups excluding tert-OH is 2. The lowest BCUT2D eigenvalue weighted by Gasteiger charge is -2.37. The molecule has 8 atom stereocenters. The van der Waals surface area contributed by atoms with Crippen molar-refractivity contribution >= 4 is 185 Å². The number of para-hydroxylation sites is 1. The number of piperazine rings is 2. The number of β-amino-alcohol motifs (C(OH)–C–C–N with tert-alkyl or cyclic N) is 2. The third-order valence-corrected chi connectivity index (χ3v) is 31.3. The van der Waals surface area contributed by atoms with Crippen LogP contribution in [0.25, 0.3) is 20.9 Å². The van der Waals surface area contributed by atoms with E-state index in [9.17, 15) is 48.6 Å². The Morgan fingerprint density at radius 1 is 0.545 bits per heavy atom. The van der Waals surface area contributed by atoms with Crippen molar-refractivity contribution in [2.75, 3.05) is 153 Å². The van der Waals surface area contributed by atoms with E-state index in [0.717, 1.165) is 137 Å². The van der Waals surface area contributed by atoms with E-state index in [-0.39, 0.29) is 101 Å². The van der Waals surface area contributed by atoms with Gasteiger partial charge in [0.15, 0.2) is 0 Å². The average Bonchev–Trinajstić information content (AvgIpc) is 1.70. The maximum Gasteiger partial charge on any atom is 0.327 e. The van der Waals surface area contributed by atoms with E-state index in [2.05, 4.69) is 124 Å². The Labute approximate surface area is 879 Å². The molecular weight excluding hydrogens is 1990 g/mol. The predicted octanol–water partition coefficient (Wildman–Crippen LogP) is 18.3. The molecule has 9 N–H and O–H groups in total. The largest absolute Gasteiger partial charge is 0.495 e. The topological polar surface area (TPSA) is 383 Å². The standard InChI is InChI=1S/C56H71Cl2N11O8S2.C49H58Cl2N10O4S/c1-34(37-14-16-38(17-15-37)51-35(2)61-33-78-51)62-53(73)43-27-42(72)31-69(43)54(74)52(63-36(3)70)56(4,5)79-26-12-10-9-11-13-41(71)30-67-22-24-68(25-23-67)40-20-18-39(19-21-40)64-46-29-47(60-32-59-46)66(6)55(75)65-50-48(57)44(76-7)28-45(77-8)49(50)58;1-30(33-11-13-34(14-12-33)46-32(3)54-29-66-46)55-31(2)42-24-38(63)27-61(42)47(64)39(49(4,5)6)23-37(62)26-59-19-21-60(22-20-59)36-17-15-35(16-18-36)56-43-25-44(53-28-52-43)58(7)48(65)57-45-40(50)9-8-10-41(45)51/h14-21,28-29,32-34,42-43,52,72H,9-13,22-27,30-31H2,1-8H3,(H,62,73)(H,63,70)(H,65,75)(H,59,60,64);8-18,25,28-30,38-39,42,55,63H,2,19-24,26-27H2,1,3-7H3,(H,57,65)(H,52,53,56)/t34-,42+,43-,52+;30-,38+,39+,42-/m00/s1. The van der Waals surface area contributed by atoms with Crippen LogP contribution in [-0.2, 0) is 28.8 Å². The lowest BCUT2D eigenvalue weighted by atomic mass is 9.76. The van der Waals surface area contributed by atoms with Crippen LogP contribution >= 0.6 is 80.8 Å². The van der Waals surface area contributed by atoms with E-state index in [1.165, 1.54) is 54.6 Å². The Balaban J connectivity index is 0.000000247. The maximum absolute atomic E-state index is 14.4. The number of unbranched alkanes of at least 4 members (excludes halogenated alkanes) is 3. The molecule has 10 aromatic rings. The normalized spacial score (nSPS) is 16.9. The van der Waals surface area contributed by atoms with Gasteiger partial charge in [0.1, 0.15) is 81.1 Å². The molecule has 8 amide bonds.